The Hall–Kier alpha value is -2.04. The number of fused-ring (bicyclic) bond motifs is 4. The predicted octanol–water partition coefficient (Wildman–Crippen LogP) is 3.20. The molecule has 2 saturated heterocycles. The maximum absolute atomic E-state index is 12.0. The molecule has 3 aliphatic rings. The van der Waals surface area contributed by atoms with Crippen LogP contribution in [0.3, 0.4) is 0 Å². The SMILES string of the molecule is NC(=O)c1cc(Cl)c(N2CC3CCCNC3C2)c2c1Cc1ccccc1-2. The fourth-order valence-electron chi connectivity index (χ4n) is 5.02. The monoisotopic (exact) mass is 367 g/mol. The lowest BCUT2D eigenvalue weighted by Gasteiger charge is -2.25. The van der Waals surface area contributed by atoms with Gasteiger partial charge >= 0.3 is 0 Å². The molecule has 134 valence electrons. The van der Waals surface area contributed by atoms with Crippen molar-refractivity contribution in [1.82, 2.24) is 5.32 Å². The Morgan fingerprint density at radius 3 is 2.92 bits per heavy atom. The van der Waals surface area contributed by atoms with E-state index >= 15 is 0 Å². The Labute approximate surface area is 158 Å². The molecule has 0 spiro atoms. The molecule has 0 saturated carbocycles. The van der Waals surface area contributed by atoms with Crippen molar-refractivity contribution in [1.29, 1.82) is 0 Å². The molecule has 2 aromatic carbocycles. The van der Waals surface area contributed by atoms with Gasteiger partial charge in [0.25, 0.3) is 0 Å². The van der Waals surface area contributed by atoms with Crippen LogP contribution in [0.1, 0.15) is 34.3 Å². The molecule has 1 aliphatic carbocycles. The van der Waals surface area contributed by atoms with Crippen molar-refractivity contribution >= 4 is 23.2 Å². The van der Waals surface area contributed by atoms with E-state index in [4.69, 9.17) is 17.3 Å². The van der Waals surface area contributed by atoms with Crippen molar-refractivity contribution < 1.29 is 4.79 Å². The van der Waals surface area contributed by atoms with E-state index < -0.39 is 5.91 Å². The standard InChI is InChI=1S/C21H22ClN3O/c22-17-9-16(21(23)26)15-8-12-4-1-2-6-14(12)19(15)20(17)25-10-13-5-3-7-24-18(13)11-25/h1-2,4,6,9,13,18,24H,3,5,7-8,10-11H2,(H2,23,26). The molecule has 26 heavy (non-hydrogen) atoms. The molecule has 5 heteroatoms. The maximum Gasteiger partial charge on any atom is 0.249 e. The Kier molecular flexibility index (Phi) is 3.73. The van der Waals surface area contributed by atoms with Crippen molar-refractivity contribution in [3.63, 3.8) is 0 Å². The van der Waals surface area contributed by atoms with E-state index in [0.717, 1.165) is 42.9 Å². The Balaban J connectivity index is 1.68. The first kappa shape index (κ1) is 16.2. The third-order valence-corrected chi connectivity index (χ3v) is 6.48. The van der Waals surface area contributed by atoms with Crippen molar-refractivity contribution in [2.45, 2.75) is 25.3 Å². The molecule has 2 atom stereocenters. The number of hydrogen-bond donors (Lipinski definition) is 2. The number of hydrogen-bond acceptors (Lipinski definition) is 3. The number of nitrogens with one attached hydrogen (secondary N) is 1. The molecule has 2 unspecified atom stereocenters. The molecular formula is C21H22ClN3O. The summed E-state index contributed by atoms with van der Waals surface area (Å²) in [5.41, 5.74) is 11.9. The van der Waals surface area contributed by atoms with Crippen LogP contribution in [0.5, 0.6) is 0 Å². The van der Waals surface area contributed by atoms with Gasteiger partial charge < -0.3 is 16.0 Å². The number of nitrogens with two attached hydrogens (primary N) is 1. The molecule has 2 aliphatic heterocycles. The van der Waals surface area contributed by atoms with Gasteiger partial charge in [0.2, 0.25) is 5.91 Å². The summed E-state index contributed by atoms with van der Waals surface area (Å²) in [6.07, 6.45) is 3.25. The molecule has 1 amide bonds. The minimum atomic E-state index is -0.403. The average Bonchev–Trinajstić information content (AvgIpc) is 3.22. The molecule has 0 radical (unpaired) electrons. The predicted molar refractivity (Wildman–Crippen MR) is 105 cm³/mol. The molecule has 2 fully saturated rings. The molecular weight excluding hydrogens is 346 g/mol. The van der Waals surface area contributed by atoms with Crippen LogP contribution in [-0.2, 0) is 6.42 Å². The van der Waals surface area contributed by atoms with Gasteiger partial charge in [-0.2, -0.15) is 0 Å². The lowest BCUT2D eigenvalue weighted by molar-refractivity contribution is 0.0999. The summed E-state index contributed by atoms with van der Waals surface area (Å²) < 4.78 is 0. The lowest BCUT2D eigenvalue weighted by Crippen LogP contribution is -2.40. The van der Waals surface area contributed by atoms with Crippen LogP contribution in [0.25, 0.3) is 11.1 Å². The molecule has 2 aromatic rings. The van der Waals surface area contributed by atoms with E-state index in [2.05, 4.69) is 22.3 Å². The topological polar surface area (TPSA) is 58.4 Å². The van der Waals surface area contributed by atoms with Crippen LogP contribution >= 0.6 is 11.6 Å². The van der Waals surface area contributed by atoms with Gasteiger partial charge in [-0.3, -0.25) is 4.79 Å². The summed E-state index contributed by atoms with van der Waals surface area (Å²) in [4.78, 5) is 14.5. The summed E-state index contributed by atoms with van der Waals surface area (Å²) >= 11 is 6.73. The minimum absolute atomic E-state index is 0.403. The first-order chi connectivity index (χ1) is 12.6. The highest BCUT2D eigenvalue weighted by Crippen LogP contribution is 2.49. The molecule has 0 aromatic heterocycles. The number of amides is 1. The number of benzene rings is 2. The number of anilines is 1. The van der Waals surface area contributed by atoms with Gasteiger partial charge in [-0.25, -0.2) is 0 Å². The van der Waals surface area contributed by atoms with Crippen molar-refractivity contribution in [2.75, 3.05) is 24.5 Å². The quantitative estimate of drug-likeness (QED) is 0.731. The van der Waals surface area contributed by atoms with Gasteiger partial charge in [-0.15, -0.1) is 0 Å². The molecule has 2 heterocycles. The summed E-state index contributed by atoms with van der Waals surface area (Å²) in [6.45, 7) is 3.08. The fourth-order valence-corrected chi connectivity index (χ4v) is 5.34. The second-order valence-corrected chi connectivity index (χ2v) is 8.08. The molecule has 5 rings (SSSR count). The van der Waals surface area contributed by atoms with Gasteiger partial charge in [0, 0.05) is 30.3 Å². The average molecular weight is 368 g/mol. The molecule has 0 bridgehead atoms. The Morgan fingerprint density at radius 2 is 2.12 bits per heavy atom. The molecule has 3 N–H and O–H groups in total. The van der Waals surface area contributed by atoms with Gasteiger partial charge in [0.05, 0.1) is 10.7 Å². The zero-order chi connectivity index (χ0) is 17.8. The van der Waals surface area contributed by atoms with Crippen LogP contribution in [0.4, 0.5) is 5.69 Å². The third kappa shape index (κ3) is 2.36. The van der Waals surface area contributed by atoms with Gasteiger partial charge in [-0.1, -0.05) is 35.9 Å². The number of primary amides is 1. The summed E-state index contributed by atoms with van der Waals surface area (Å²) in [7, 11) is 0. The second kappa shape index (κ2) is 6.00. The van der Waals surface area contributed by atoms with Gasteiger partial charge in [0.1, 0.15) is 0 Å². The van der Waals surface area contributed by atoms with E-state index in [1.165, 1.54) is 24.0 Å². The van der Waals surface area contributed by atoms with Crippen LogP contribution in [0.15, 0.2) is 30.3 Å². The first-order valence-electron chi connectivity index (χ1n) is 9.35. The third-order valence-electron chi connectivity index (χ3n) is 6.20. The van der Waals surface area contributed by atoms with Crippen LogP contribution < -0.4 is 16.0 Å². The van der Waals surface area contributed by atoms with E-state index in [1.54, 1.807) is 6.07 Å². The normalized spacial score (nSPS) is 23.5. The van der Waals surface area contributed by atoms with Crippen molar-refractivity contribution in [2.24, 2.45) is 11.7 Å². The summed E-state index contributed by atoms with van der Waals surface area (Å²) in [6, 6.07) is 10.7. The summed E-state index contributed by atoms with van der Waals surface area (Å²) in [5.74, 6) is 0.266. The number of rotatable bonds is 2. The Bertz CT molecular complexity index is 896. The van der Waals surface area contributed by atoms with Crippen LogP contribution in [0.2, 0.25) is 5.02 Å². The minimum Gasteiger partial charge on any atom is -0.368 e. The first-order valence-corrected chi connectivity index (χ1v) is 9.73. The molecule has 4 nitrogen and oxygen atoms in total. The lowest BCUT2D eigenvalue weighted by atomic mass is 9.94. The largest absolute Gasteiger partial charge is 0.368 e. The van der Waals surface area contributed by atoms with Crippen molar-refractivity contribution in [3.8, 4) is 11.1 Å². The van der Waals surface area contributed by atoms with E-state index in [1.807, 2.05) is 12.1 Å². The number of piperidine rings is 1. The highest BCUT2D eigenvalue weighted by molar-refractivity contribution is 6.35. The van der Waals surface area contributed by atoms with E-state index in [-0.39, 0.29) is 0 Å². The van der Waals surface area contributed by atoms with Crippen molar-refractivity contribution in [3.05, 3.63) is 52.0 Å². The number of nitrogens with zero attached hydrogens (tertiary/aromatic N) is 1. The van der Waals surface area contributed by atoms with Crippen LogP contribution in [-0.4, -0.2) is 31.6 Å². The van der Waals surface area contributed by atoms with Gasteiger partial charge in [-0.05, 0) is 54.5 Å². The smallest absolute Gasteiger partial charge is 0.249 e. The number of carbonyl (C=O) groups is 1. The van der Waals surface area contributed by atoms with Gasteiger partial charge in [0.15, 0.2) is 0 Å². The maximum atomic E-state index is 12.0. The van der Waals surface area contributed by atoms with Crippen LogP contribution in [0, 0.1) is 5.92 Å². The number of carbonyl (C=O) groups excluding carboxylic acids is 1. The second-order valence-electron chi connectivity index (χ2n) is 7.67. The zero-order valence-electron chi connectivity index (χ0n) is 14.6. The summed E-state index contributed by atoms with van der Waals surface area (Å²) in [5, 5.41) is 4.29. The number of halogens is 1. The van der Waals surface area contributed by atoms with E-state index in [9.17, 15) is 4.79 Å². The Morgan fingerprint density at radius 1 is 1.27 bits per heavy atom. The fraction of sp³-hybridized carbons (Fsp3) is 0.381. The van der Waals surface area contributed by atoms with E-state index in [0.29, 0.717) is 22.5 Å². The highest BCUT2D eigenvalue weighted by Gasteiger charge is 2.38. The zero-order valence-corrected chi connectivity index (χ0v) is 15.4. The highest BCUT2D eigenvalue weighted by atomic mass is 35.5.